The summed E-state index contributed by atoms with van der Waals surface area (Å²) in [5, 5.41) is 12.2. The first kappa shape index (κ1) is 19.9. The number of carbonyl (C=O) groups excluding carboxylic acids is 2. The topological polar surface area (TPSA) is 90.2 Å². The summed E-state index contributed by atoms with van der Waals surface area (Å²) in [6, 6.07) is 5.99. The first-order valence-corrected chi connectivity index (χ1v) is 9.37. The second-order valence-corrected chi connectivity index (χ2v) is 6.62. The highest BCUT2D eigenvalue weighted by Gasteiger charge is 2.16. The Morgan fingerprint density at radius 1 is 1.23 bits per heavy atom. The van der Waals surface area contributed by atoms with Gasteiger partial charge in [-0.25, -0.2) is 0 Å². The molecule has 0 atom stereocenters. The summed E-state index contributed by atoms with van der Waals surface area (Å²) in [7, 11) is 0. The Hall–Kier alpha value is -2.42. The highest BCUT2D eigenvalue weighted by molar-refractivity contribution is 7.99. The molecule has 2 aromatic rings. The minimum absolute atomic E-state index is 0.0246. The van der Waals surface area contributed by atoms with Crippen molar-refractivity contribution < 1.29 is 14.3 Å². The van der Waals surface area contributed by atoms with Gasteiger partial charge in [0.1, 0.15) is 0 Å². The average Bonchev–Trinajstić information content (AvgIpc) is 3.09. The molecule has 140 valence electrons. The molecule has 9 heteroatoms. The van der Waals surface area contributed by atoms with E-state index in [1.807, 2.05) is 45.9 Å². The maximum Gasteiger partial charge on any atom is 0.316 e. The molecule has 0 fully saturated rings. The van der Waals surface area contributed by atoms with E-state index in [0.29, 0.717) is 18.2 Å². The molecule has 0 spiro atoms. The molecular weight excluding hydrogens is 354 g/mol. The van der Waals surface area contributed by atoms with Gasteiger partial charge in [0.25, 0.3) is 5.91 Å². The van der Waals surface area contributed by atoms with Crippen molar-refractivity contribution in [3.8, 4) is 5.69 Å². The predicted octanol–water partition coefficient (Wildman–Crippen LogP) is 1.78. The van der Waals surface area contributed by atoms with Gasteiger partial charge in [-0.15, -0.1) is 5.10 Å². The van der Waals surface area contributed by atoms with Crippen LogP contribution < -0.4 is 0 Å². The van der Waals surface area contributed by atoms with E-state index in [9.17, 15) is 9.59 Å². The van der Waals surface area contributed by atoms with Crippen LogP contribution in [0.4, 0.5) is 0 Å². The lowest BCUT2D eigenvalue weighted by Crippen LogP contribution is -2.34. The number of hydrogen-bond acceptors (Lipinski definition) is 7. The standard InChI is InChI=1S/C17H23N5O3S/c1-5-21(6-2)15(23)10-25-16(24)11-26-17-18-19-20-22(17)14-9-12(3)7-8-13(14)4/h7-9H,5-6,10-11H2,1-4H3. The second-order valence-electron chi connectivity index (χ2n) is 5.68. The normalized spacial score (nSPS) is 10.6. The molecule has 0 saturated heterocycles. The summed E-state index contributed by atoms with van der Waals surface area (Å²) >= 11 is 1.17. The van der Waals surface area contributed by atoms with E-state index >= 15 is 0 Å². The molecule has 0 aliphatic carbocycles. The Kier molecular flexibility index (Phi) is 7.14. The molecule has 8 nitrogen and oxygen atoms in total. The van der Waals surface area contributed by atoms with Crippen molar-refractivity contribution in [3.05, 3.63) is 29.3 Å². The zero-order valence-corrected chi connectivity index (χ0v) is 16.2. The van der Waals surface area contributed by atoms with Gasteiger partial charge in [-0.3, -0.25) is 9.59 Å². The van der Waals surface area contributed by atoms with Crippen LogP contribution in [0.1, 0.15) is 25.0 Å². The van der Waals surface area contributed by atoms with Crippen molar-refractivity contribution in [1.82, 2.24) is 25.1 Å². The fraction of sp³-hybridized carbons (Fsp3) is 0.471. The highest BCUT2D eigenvalue weighted by atomic mass is 32.2. The fourth-order valence-electron chi connectivity index (χ4n) is 2.34. The number of nitrogens with zero attached hydrogens (tertiary/aromatic N) is 5. The monoisotopic (exact) mass is 377 g/mol. The van der Waals surface area contributed by atoms with Crippen molar-refractivity contribution >= 4 is 23.6 Å². The van der Waals surface area contributed by atoms with Gasteiger partial charge in [-0.05, 0) is 55.3 Å². The Morgan fingerprint density at radius 2 is 1.96 bits per heavy atom. The minimum Gasteiger partial charge on any atom is -0.455 e. The van der Waals surface area contributed by atoms with Crippen molar-refractivity contribution in [2.24, 2.45) is 0 Å². The number of likely N-dealkylation sites (N-methyl/N-ethyl adjacent to an activating group) is 1. The SMILES string of the molecule is CCN(CC)C(=O)COC(=O)CSc1nnnn1-c1cc(C)ccc1C. The zero-order valence-electron chi connectivity index (χ0n) is 15.4. The number of esters is 1. The van der Waals surface area contributed by atoms with Gasteiger partial charge in [-0.2, -0.15) is 4.68 Å². The molecule has 0 bridgehead atoms. The maximum absolute atomic E-state index is 11.9. The average molecular weight is 377 g/mol. The van der Waals surface area contributed by atoms with Gasteiger partial charge < -0.3 is 9.64 Å². The number of hydrogen-bond donors (Lipinski definition) is 0. The van der Waals surface area contributed by atoms with Gasteiger partial charge in [-0.1, -0.05) is 23.9 Å². The number of rotatable bonds is 8. The van der Waals surface area contributed by atoms with Crippen LogP contribution in [0.25, 0.3) is 5.69 Å². The summed E-state index contributed by atoms with van der Waals surface area (Å²) in [5.41, 5.74) is 2.98. The van der Waals surface area contributed by atoms with E-state index in [1.54, 1.807) is 9.58 Å². The van der Waals surface area contributed by atoms with Gasteiger partial charge in [0, 0.05) is 13.1 Å². The molecule has 26 heavy (non-hydrogen) atoms. The van der Waals surface area contributed by atoms with Gasteiger partial charge in [0.15, 0.2) is 6.61 Å². The van der Waals surface area contributed by atoms with Crippen LogP contribution in [-0.4, -0.2) is 62.4 Å². The van der Waals surface area contributed by atoms with E-state index in [4.69, 9.17) is 4.74 Å². The summed E-state index contributed by atoms with van der Waals surface area (Å²) < 4.78 is 6.64. The van der Waals surface area contributed by atoms with E-state index in [2.05, 4.69) is 15.5 Å². The molecule has 0 radical (unpaired) electrons. The summed E-state index contributed by atoms with van der Waals surface area (Å²) in [5.74, 6) is -0.656. The van der Waals surface area contributed by atoms with Crippen molar-refractivity contribution in [2.45, 2.75) is 32.9 Å². The minimum atomic E-state index is -0.481. The molecule has 0 N–H and O–H groups in total. The van der Waals surface area contributed by atoms with Crippen LogP contribution in [0.2, 0.25) is 0 Å². The van der Waals surface area contributed by atoms with Crippen LogP contribution in [0, 0.1) is 13.8 Å². The Balaban J connectivity index is 1.95. The quantitative estimate of drug-likeness (QED) is 0.512. The number of aryl methyl sites for hydroxylation is 2. The number of benzene rings is 1. The molecule has 1 amide bonds. The van der Waals surface area contributed by atoms with Crippen LogP contribution in [0.5, 0.6) is 0 Å². The van der Waals surface area contributed by atoms with Crippen LogP contribution in [-0.2, 0) is 14.3 Å². The molecule has 0 aliphatic heterocycles. The molecule has 1 heterocycles. The third kappa shape index (κ3) is 5.04. The molecule has 0 saturated carbocycles. The number of ether oxygens (including phenoxy) is 1. The molecule has 2 rings (SSSR count). The Labute approximate surface area is 156 Å². The molecular formula is C17H23N5O3S. The number of thioether (sulfide) groups is 1. The number of amides is 1. The zero-order chi connectivity index (χ0) is 19.1. The lowest BCUT2D eigenvalue weighted by atomic mass is 10.1. The largest absolute Gasteiger partial charge is 0.455 e. The van der Waals surface area contributed by atoms with Crippen molar-refractivity contribution in [1.29, 1.82) is 0 Å². The van der Waals surface area contributed by atoms with Gasteiger partial charge in [0.2, 0.25) is 5.16 Å². The van der Waals surface area contributed by atoms with Crippen LogP contribution in [0.3, 0.4) is 0 Å². The molecule has 0 aliphatic rings. The van der Waals surface area contributed by atoms with E-state index in [1.165, 1.54) is 11.8 Å². The third-order valence-corrected chi connectivity index (χ3v) is 4.72. The number of carbonyl (C=O) groups is 2. The van der Waals surface area contributed by atoms with Crippen LogP contribution >= 0.6 is 11.8 Å². The Bertz CT molecular complexity index is 774. The summed E-state index contributed by atoms with van der Waals surface area (Å²) in [6.07, 6.45) is 0. The lowest BCUT2D eigenvalue weighted by molar-refractivity contribution is -0.149. The molecule has 1 aromatic carbocycles. The van der Waals surface area contributed by atoms with Crippen LogP contribution in [0.15, 0.2) is 23.4 Å². The Morgan fingerprint density at radius 3 is 2.65 bits per heavy atom. The smallest absolute Gasteiger partial charge is 0.316 e. The first-order chi connectivity index (χ1) is 12.5. The number of aromatic nitrogens is 4. The summed E-state index contributed by atoms with van der Waals surface area (Å²) in [6.45, 7) is 8.65. The van der Waals surface area contributed by atoms with E-state index < -0.39 is 5.97 Å². The number of tetrazole rings is 1. The maximum atomic E-state index is 11.9. The predicted molar refractivity (Wildman–Crippen MR) is 98.2 cm³/mol. The van der Waals surface area contributed by atoms with Gasteiger partial charge in [0.05, 0.1) is 11.4 Å². The molecule has 1 aromatic heterocycles. The highest BCUT2D eigenvalue weighted by Crippen LogP contribution is 2.21. The van der Waals surface area contributed by atoms with Crippen molar-refractivity contribution in [2.75, 3.05) is 25.4 Å². The van der Waals surface area contributed by atoms with E-state index in [0.717, 1.165) is 16.8 Å². The first-order valence-electron chi connectivity index (χ1n) is 8.38. The van der Waals surface area contributed by atoms with Gasteiger partial charge >= 0.3 is 5.97 Å². The van der Waals surface area contributed by atoms with Crippen molar-refractivity contribution in [3.63, 3.8) is 0 Å². The lowest BCUT2D eigenvalue weighted by Gasteiger charge is -2.18. The summed E-state index contributed by atoms with van der Waals surface area (Å²) in [4.78, 5) is 25.4. The fourth-order valence-corrected chi connectivity index (χ4v) is 3.02. The third-order valence-electron chi connectivity index (χ3n) is 3.83. The second kappa shape index (κ2) is 9.33. The van der Waals surface area contributed by atoms with E-state index in [-0.39, 0.29) is 18.3 Å². The molecule has 0 unspecified atom stereocenters.